The standard InChI is InChI=1S/C20H18N2O5/c23-18(22-17(13-27-20(22)25)15-9-5-2-6-10-15)16-11-21(16)19(24)26-12-14-7-3-1-4-8-14/h1-10,16-17H,11-13H2/t16-,17-,21?/m0/s1. The highest BCUT2D eigenvalue weighted by molar-refractivity contribution is 6.00. The van der Waals surface area contributed by atoms with Crippen LogP contribution in [-0.2, 0) is 20.9 Å². The van der Waals surface area contributed by atoms with Crippen LogP contribution in [0.1, 0.15) is 17.2 Å². The zero-order chi connectivity index (χ0) is 18.8. The summed E-state index contributed by atoms with van der Waals surface area (Å²) in [7, 11) is 0. The van der Waals surface area contributed by atoms with E-state index in [-0.39, 0.29) is 19.8 Å². The first-order valence-corrected chi connectivity index (χ1v) is 8.67. The third-order valence-electron chi connectivity index (χ3n) is 4.63. The van der Waals surface area contributed by atoms with Gasteiger partial charge in [0.1, 0.15) is 25.3 Å². The Balaban J connectivity index is 1.38. The molecule has 0 aliphatic carbocycles. The van der Waals surface area contributed by atoms with Gasteiger partial charge in [0.15, 0.2) is 0 Å². The molecule has 0 saturated carbocycles. The second-order valence-corrected chi connectivity index (χ2v) is 6.42. The van der Waals surface area contributed by atoms with Gasteiger partial charge in [0, 0.05) is 0 Å². The Kier molecular flexibility index (Phi) is 4.50. The van der Waals surface area contributed by atoms with E-state index in [0.29, 0.717) is 0 Å². The van der Waals surface area contributed by atoms with Crippen LogP contribution in [0.3, 0.4) is 0 Å². The minimum Gasteiger partial charge on any atom is -0.446 e. The third kappa shape index (κ3) is 3.48. The van der Waals surface area contributed by atoms with Crippen molar-refractivity contribution in [3.05, 3.63) is 71.8 Å². The Hall–Kier alpha value is -3.35. The summed E-state index contributed by atoms with van der Waals surface area (Å²) in [5.41, 5.74) is 1.68. The van der Waals surface area contributed by atoms with Crippen LogP contribution in [0.4, 0.5) is 9.59 Å². The molecule has 2 fully saturated rings. The van der Waals surface area contributed by atoms with E-state index in [9.17, 15) is 14.4 Å². The van der Waals surface area contributed by atoms with Crippen molar-refractivity contribution in [2.45, 2.75) is 18.7 Å². The Labute approximate surface area is 156 Å². The molecule has 2 aromatic rings. The number of cyclic esters (lactones) is 1. The summed E-state index contributed by atoms with van der Waals surface area (Å²) in [6, 6.07) is 17.3. The number of rotatable bonds is 4. The molecule has 0 spiro atoms. The number of hydrogen-bond donors (Lipinski definition) is 0. The maximum atomic E-state index is 12.8. The molecule has 0 bridgehead atoms. The van der Waals surface area contributed by atoms with E-state index in [1.165, 1.54) is 4.90 Å². The fourth-order valence-corrected chi connectivity index (χ4v) is 3.10. The number of ether oxygens (including phenoxy) is 2. The Morgan fingerprint density at radius 2 is 1.70 bits per heavy atom. The average molecular weight is 366 g/mol. The number of hydrogen-bond acceptors (Lipinski definition) is 5. The van der Waals surface area contributed by atoms with Gasteiger partial charge in [0.2, 0.25) is 0 Å². The normalized spacial score (nSPS) is 21.0. The second-order valence-electron chi connectivity index (χ2n) is 6.42. The molecule has 0 aromatic heterocycles. The quantitative estimate of drug-likeness (QED) is 0.778. The van der Waals surface area contributed by atoms with Crippen molar-refractivity contribution in [2.75, 3.05) is 13.2 Å². The van der Waals surface area contributed by atoms with Crippen LogP contribution in [0.25, 0.3) is 0 Å². The lowest BCUT2D eigenvalue weighted by atomic mass is 10.1. The molecule has 0 N–H and O–H groups in total. The van der Waals surface area contributed by atoms with Crippen LogP contribution in [0.5, 0.6) is 0 Å². The van der Waals surface area contributed by atoms with Crippen molar-refractivity contribution in [1.29, 1.82) is 0 Å². The van der Waals surface area contributed by atoms with Crippen molar-refractivity contribution in [3.63, 3.8) is 0 Å². The predicted molar refractivity (Wildman–Crippen MR) is 94.5 cm³/mol. The minimum atomic E-state index is -0.690. The summed E-state index contributed by atoms with van der Waals surface area (Å²) >= 11 is 0. The summed E-state index contributed by atoms with van der Waals surface area (Å²) in [4.78, 5) is 39.4. The monoisotopic (exact) mass is 366 g/mol. The molecule has 2 saturated heterocycles. The van der Waals surface area contributed by atoms with Crippen LogP contribution in [0, 0.1) is 0 Å². The first kappa shape index (κ1) is 17.1. The topological polar surface area (TPSA) is 75.9 Å². The fraction of sp³-hybridized carbons (Fsp3) is 0.250. The molecule has 138 valence electrons. The lowest BCUT2D eigenvalue weighted by Gasteiger charge is -2.19. The zero-order valence-corrected chi connectivity index (χ0v) is 14.5. The number of benzene rings is 2. The third-order valence-corrected chi connectivity index (χ3v) is 4.63. The molecule has 27 heavy (non-hydrogen) atoms. The van der Waals surface area contributed by atoms with Crippen molar-refractivity contribution < 1.29 is 23.9 Å². The van der Waals surface area contributed by atoms with Crippen LogP contribution >= 0.6 is 0 Å². The van der Waals surface area contributed by atoms with Gasteiger partial charge in [-0.1, -0.05) is 60.7 Å². The van der Waals surface area contributed by atoms with E-state index in [1.807, 2.05) is 60.7 Å². The van der Waals surface area contributed by atoms with Gasteiger partial charge in [-0.3, -0.25) is 9.69 Å². The van der Waals surface area contributed by atoms with E-state index in [2.05, 4.69) is 0 Å². The molecular formula is C20H18N2O5. The largest absolute Gasteiger partial charge is 0.446 e. The number of carbonyl (C=O) groups is 3. The molecule has 0 radical (unpaired) electrons. The predicted octanol–water partition coefficient (Wildman–Crippen LogP) is 2.73. The van der Waals surface area contributed by atoms with E-state index < -0.39 is 30.2 Å². The maximum absolute atomic E-state index is 12.8. The van der Waals surface area contributed by atoms with Gasteiger partial charge in [-0.25, -0.2) is 14.5 Å². The van der Waals surface area contributed by atoms with Gasteiger partial charge >= 0.3 is 12.2 Å². The summed E-state index contributed by atoms with van der Waals surface area (Å²) < 4.78 is 10.3. The molecule has 2 heterocycles. The van der Waals surface area contributed by atoms with Crippen molar-refractivity contribution in [2.24, 2.45) is 0 Å². The van der Waals surface area contributed by atoms with Gasteiger partial charge in [-0.05, 0) is 11.1 Å². The van der Waals surface area contributed by atoms with E-state index >= 15 is 0 Å². The highest BCUT2D eigenvalue weighted by Crippen LogP contribution is 2.32. The molecule has 7 heteroatoms. The average Bonchev–Trinajstić information content (AvgIpc) is 3.42. The first-order chi connectivity index (χ1) is 13.1. The smallest absolute Gasteiger partial charge is 0.417 e. The Morgan fingerprint density at radius 3 is 2.41 bits per heavy atom. The number of carbonyl (C=O) groups excluding carboxylic acids is 3. The van der Waals surface area contributed by atoms with Gasteiger partial charge in [-0.2, -0.15) is 0 Å². The van der Waals surface area contributed by atoms with Crippen molar-refractivity contribution in [3.8, 4) is 0 Å². The highest BCUT2D eigenvalue weighted by atomic mass is 16.6. The second kappa shape index (κ2) is 7.11. The molecular weight excluding hydrogens is 348 g/mol. The Bertz CT molecular complexity index is 855. The summed E-state index contributed by atoms with van der Waals surface area (Å²) in [5.74, 6) is -0.442. The molecule has 3 amide bonds. The zero-order valence-electron chi connectivity index (χ0n) is 14.5. The van der Waals surface area contributed by atoms with Crippen LogP contribution < -0.4 is 0 Å². The lowest BCUT2D eigenvalue weighted by molar-refractivity contribution is -0.129. The summed E-state index contributed by atoms with van der Waals surface area (Å²) in [5, 5.41) is 0. The number of nitrogens with zero attached hydrogens (tertiary/aromatic N) is 2. The molecule has 2 aromatic carbocycles. The van der Waals surface area contributed by atoms with Gasteiger partial charge in [0.25, 0.3) is 5.91 Å². The van der Waals surface area contributed by atoms with Crippen LogP contribution in [0.15, 0.2) is 60.7 Å². The fourth-order valence-electron chi connectivity index (χ4n) is 3.10. The van der Waals surface area contributed by atoms with Gasteiger partial charge in [0.05, 0.1) is 6.54 Å². The van der Waals surface area contributed by atoms with Gasteiger partial charge in [-0.15, -0.1) is 0 Å². The Morgan fingerprint density at radius 1 is 1.04 bits per heavy atom. The van der Waals surface area contributed by atoms with Gasteiger partial charge < -0.3 is 9.47 Å². The SMILES string of the molecule is O=C(OCc1ccccc1)N1C[C@H]1C(=O)N1C(=O)OC[C@H]1c1ccccc1. The molecule has 2 aliphatic heterocycles. The highest BCUT2D eigenvalue weighted by Gasteiger charge is 2.52. The van der Waals surface area contributed by atoms with Crippen LogP contribution in [-0.4, -0.2) is 47.1 Å². The minimum absolute atomic E-state index is 0.111. The van der Waals surface area contributed by atoms with Crippen molar-refractivity contribution >= 4 is 18.1 Å². The van der Waals surface area contributed by atoms with Crippen molar-refractivity contribution in [1.82, 2.24) is 9.80 Å². The lowest BCUT2D eigenvalue weighted by Crippen LogP contribution is -2.39. The molecule has 4 rings (SSSR count). The summed E-state index contributed by atoms with van der Waals surface area (Å²) in [6.07, 6.45) is -1.25. The van der Waals surface area contributed by atoms with Crippen LogP contribution in [0.2, 0.25) is 0 Å². The van der Waals surface area contributed by atoms with E-state index in [0.717, 1.165) is 16.0 Å². The first-order valence-electron chi connectivity index (χ1n) is 8.67. The molecule has 2 aliphatic rings. The summed E-state index contributed by atoms with van der Waals surface area (Å²) in [6.45, 7) is 0.479. The molecule has 0 unspecified atom stereocenters. The number of amides is 3. The maximum Gasteiger partial charge on any atom is 0.417 e. The van der Waals surface area contributed by atoms with E-state index in [4.69, 9.17) is 9.47 Å². The van der Waals surface area contributed by atoms with E-state index in [1.54, 1.807) is 0 Å². The number of imide groups is 1. The molecule has 2 atom stereocenters. The molecule has 7 nitrogen and oxygen atoms in total.